The number of methoxy groups -OCH3 is 1. The van der Waals surface area contributed by atoms with Gasteiger partial charge in [0, 0.05) is 30.5 Å². The minimum absolute atomic E-state index is 0.248. The number of anilines is 2. The Bertz CT molecular complexity index is 1580. The zero-order chi connectivity index (χ0) is 29.4. The second kappa shape index (κ2) is 11.8. The molecule has 0 aliphatic carbocycles. The van der Waals surface area contributed by atoms with Crippen LogP contribution in [-0.2, 0) is 4.74 Å². The molecule has 0 saturated carbocycles. The minimum Gasteiger partial charge on any atom is -0.465 e. The number of esters is 1. The van der Waals surface area contributed by atoms with Gasteiger partial charge in [0.25, 0.3) is 0 Å². The van der Waals surface area contributed by atoms with E-state index in [1.54, 1.807) is 18.3 Å². The fourth-order valence-corrected chi connectivity index (χ4v) is 6.88. The molecular weight excluding hydrogens is 568 g/mol. The van der Waals surface area contributed by atoms with Gasteiger partial charge in [0.2, 0.25) is 0 Å². The van der Waals surface area contributed by atoms with Gasteiger partial charge < -0.3 is 24.3 Å². The van der Waals surface area contributed by atoms with Crippen LogP contribution < -0.4 is 15.1 Å². The van der Waals surface area contributed by atoms with Crippen LogP contribution >= 0.6 is 23.8 Å². The van der Waals surface area contributed by atoms with Crippen molar-refractivity contribution < 1.29 is 13.9 Å². The molecule has 42 heavy (non-hydrogen) atoms. The van der Waals surface area contributed by atoms with Crippen molar-refractivity contribution >= 4 is 46.3 Å². The van der Waals surface area contributed by atoms with Crippen molar-refractivity contribution in [3.63, 3.8) is 0 Å². The highest BCUT2D eigenvalue weighted by atomic mass is 35.5. The standard InChI is InChI=1S/C33H33ClN4O3S/c1-20-16-21(2)19-37(18-20)27-12-11-24(17-25(27)34)38-31(30(36-33(38)42)26-6-4-5-15-35-26)29-14-13-28(41-29)22-7-9-23(10-8-22)32(39)40-3/h4-15,17,20-21,30-31H,16,18-19H2,1-3H3,(H,36,42). The zero-order valence-electron chi connectivity index (χ0n) is 23.8. The summed E-state index contributed by atoms with van der Waals surface area (Å²) in [5, 5.41) is 4.75. The first-order valence-electron chi connectivity index (χ1n) is 14.2. The number of furan rings is 1. The van der Waals surface area contributed by atoms with E-state index in [-0.39, 0.29) is 18.1 Å². The van der Waals surface area contributed by atoms with Gasteiger partial charge in [0.15, 0.2) is 5.11 Å². The van der Waals surface area contributed by atoms with E-state index >= 15 is 0 Å². The second-order valence-electron chi connectivity index (χ2n) is 11.3. The van der Waals surface area contributed by atoms with Crippen LogP contribution in [0.4, 0.5) is 11.4 Å². The summed E-state index contributed by atoms with van der Waals surface area (Å²) in [5.74, 6) is 2.26. The maximum Gasteiger partial charge on any atom is 0.337 e. The number of carbonyl (C=O) groups is 1. The van der Waals surface area contributed by atoms with Gasteiger partial charge in [-0.25, -0.2) is 4.79 Å². The van der Waals surface area contributed by atoms with Crippen LogP contribution in [0.2, 0.25) is 5.02 Å². The van der Waals surface area contributed by atoms with Crippen molar-refractivity contribution in [3.8, 4) is 11.3 Å². The Morgan fingerprint density at radius 1 is 1.05 bits per heavy atom. The number of nitrogens with zero attached hydrogens (tertiary/aromatic N) is 3. The number of benzene rings is 2. The molecule has 2 aromatic carbocycles. The van der Waals surface area contributed by atoms with Crippen LogP contribution in [0.1, 0.15) is 54.2 Å². The highest BCUT2D eigenvalue weighted by Gasteiger charge is 2.43. The quantitative estimate of drug-likeness (QED) is 0.181. The van der Waals surface area contributed by atoms with Crippen LogP contribution in [-0.4, -0.2) is 36.3 Å². The van der Waals surface area contributed by atoms with E-state index in [1.165, 1.54) is 13.5 Å². The Morgan fingerprint density at radius 2 is 1.81 bits per heavy atom. The molecule has 7 nitrogen and oxygen atoms in total. The normalized spacial score (nSPS) is 22.2. The van der Waals surface area contributed by atoms with Gasteiger partial charge in [0.05, 0.1) is 35.1 Å². The summed E-state index contributed by atoms with van der Waals surface area (Å²) in [6.45, 7) is 6.58. The molecule has 0 radical (unpaired) electrons. The van der Waals surface area contributed by atoms with E-state index < -0.39 is 0 Å². The van der Waals surface area contributed by atoms with Crippen molar-refractivity contribution in [3.05, 3.63) is 101 Å². The molecule has 2 aliphatic rings. The van der Waals surface area contributed by atoms with Gasteiger partial charge in [-0.05, 0) is 85.1 Å². The predicted octanol–water partition coefficient (Wildman–Crippen LogP) is 7.44. The van der Waals surface area contributed by atoms with Crippen LogP contribution in [0.3, 0.4) is 0 Å². The van der Waals surface area contributed by atoms with Gasteiger partial charge >= 0.3 is 5.97 Å². The summed E-state index contributed by atoms with van der Waals surface area (Å²) >= 11 is 12.9. The fourth-order valence-electron chi connectivity index (χ4n) is 6.24. The number of aromatic nitrogens is 1. The second-order valence-corrected chi connectivity index (χ2v) is 12.0. The molecule has 1 N–H and O–H groups in total. The SMILES string of the molecule is COC(=O)c1ccc(-c2ccc(C3C(c4ccccn4)NC(=S)N3c3ccc(N4CC(C)CC(C)C4)c(Cl)c3)o2)cc1. The van der Waals surface area contributed by atoms with E-state index in [0.29, 0.717) is 33.3 Å². The number of piperidine rings is 1. The van der Waals surface area contributed by atoms with Gasteiger partial charge in [-0.2, -0.15) is 0 Å². The van der Waals surface area contributed by atoms with Crippen molar-refractivity contribution in [2.75, 3.05) is 30.0 Å². The lowest BCUT2D eigenvalue weighted by Gasteiger charge is -2.37. The molecule has 4 atom stereocenters. The summed E-state index contributed by atoms with van der Waals surface area (Å²) in [6, 6.07) is 22.5. The van der Waals surface area contributed by atoms with Crippen LogP contribution in [0.25, 0.3) is 11.3 Å². The number of halogens is 1. The molecule has 2 aliphatic heterocycles. The monoisotopic (exact) mass is 600 g/mol. The minimum atomic E-state index is -0.380. The van der Waals surface area contributed by atoms with Crippen LogP contribution in [0.15, 0.2) is 83.4 Å². The first kappa shape index (κ1) is 28.2. The number of hydrogen-bond acceptors (Lipinski definition) is 6. The first-order valence-corrected chi connectivity index (χ1v) is 14.9. The summed E-state index contributed by atoms with van der Waals surface area (Å²) in [5.41, 5.74) is 4.11. The van der Waals surface area contributed by atoms with Crippen molar-refractivity contribution in [1.29, 1.82) is 0 Å². The zero-order valence-corrected chi connectivity index (χ0v) is 25.4. The number of hydrogen-bond donors (Lipinski definition) is 1. The number of thiocarbonyl (C=S) groups is 1. The van der Waals surface area contributed by atoms with E-state index in [9.17, 15) is 4.79 Å². The van der Waals surface area contributed by atoms with Gasteiger partial charge in [-0.1, -0.05) is 43.6 Å². The molecule has 4 aromatic rings. The maximum absolute atomic E-state index is 11.9. The fraction of sp³-hybridized carbons (Fsp3) is 0.303. The Morgan fingerprint density at radius 3 is 2.48 bits per heavy atom. The molecule has 9 heteroatoms. The van der Waals surface area contributed by atoms with E-state index in [0.717, 1.165) is 41.5 Å². The Kier molecular flexibility index (Phi) is 7.92. The van der Waals surface area contributed by atoms with Gasteiger partial charge in [0.1, 0.15) is 17.6 Å². The molecule has 2 fully saturated rings. The number of carbonyl (C=O) groups excluding carboxylic acids is 1. The third-order valence-electron chi connectivity index (χ3n) is 8.03. The third kappa shape index (κ3) is 5.49. The summed E-state index contributed by atoms with van der Waals surface area (Å²) < 4.78 is 11.3. The lowest BCUT2D eigenvalue weighted by Crippen LogP contribution is -2.38. The van der Waals surface area contributed by atoms with Crippen molar-refractivity contribution in [2.45, 2.75) is 32.4 Å². The summed E-state index contributed by atoms with van der Waals surface area (Å²) in [7, 11) is 1.37. The first-order chi connectivity index (χ1) is 20.3. The molecule has 0 spiro atoms. The van der Waals surface area contributed by atoms with Crippen molar-refractivity contribution in [1.82, 2.24) is 10.3 Å². The summed E-state index contributed by atoms with van der Waals surface area (Å²) in [6.07, 6.45) is 3.01. The number of ether oxygens (including phenoxy) is 1. The van der Waals surface area contributed by atoms with E-state index in [1.807, 2.05) is 48.5 Å². The van der Waals surface area contributed by atoms with Gasteiger partial charge in [-0.15, -0.1) is 0 Å². The molecule has 2 saturated heterocycles. The molecule has 0 amide bonds. The number of pyridine rings is 1. The Labute approximate surface area is 256 Å². The van der Waals surface area contributed by atoms with Crippen LogP contribution in [0.5, 0.6) is 0 Å². The van der Waals surface area contributed by atoms with Crippen molar-refractivity contribution in [2.24, 2.45) is 11.8 Å². The largest absolute Gasteiger partial charge is 0.465 e. The molecule has 6 rings (SSSR count). The highest BCUT2D eigenvalue weighted by Crippen LogP contribution is 2.44. The number of nitrogens with one attached hydrogen (secondary N) is 1. The smallest absolute Gasteiger partial charge is 0.337 e. The lowest BCUT2D eigenvalue weighted by atomic mass is 9.91. The molecular formula is C33H33ClN4O3S. The molecule has 0 bridgehead atoms. The topological polar surface area (TPSA) is 70.8 Å². The van der Waals surface area contributed by atoms with Crippen LogP contribution in [0, 0.1) is 11.8 Å². The Hall–Kier alpha value is -3.88. The molecule has 4 unspecified atom stereocenters. The third-order valence-corrected chi connectivity index (χ3v) is 8.64. The molecule has 4 heterocycles. The average molecular weight is 601 g/mol. The van der Waals surface area contributed by atoms with Gasteiger partial charge in [-0.3, -0.25) is 4.98 Å². The average Bonchev–Trinajstić information content (AvgIpc) is 3.61. The lowest BCUT2D eigenvalue weighted by molar-refractivity contribution is 0.0600. The maximum atomic E-state index is 11.9. The van der Waals surface area contributed by atoms with E-state index in [4.69, 9.17) is 33.0 Å². The van der Waals surface area contributed by atoms with E-state index in [2.05, 4.69) is 46.1 Å². The molecule has 2 aromatic heterocycles. The predicted molar refractivity (Wildman–Crippen MR) is 170 cm³/mol. The Balaban J connectivity index is 1.36. The summed E-state index contributed by atoms with van der Waals surface area (Å²) in [4.78, 5) is 21.0. The highest BCUT2D eigenvalue weighted by molar-refractivity contribution is 7.80. The number of rotatable bonds is 6. The molecule has 216 valence electrons.